The van der Waals surface area contributed by atoms with Crippen LogP contribution in [0.15, 0.2) is 24.4 Å². The number of hydrogen-bond donors (Lipinski definition) is 3. The van der Waals surface area contributed by atoms with Gasteiger partial charge in [0, 0.05) is 0 Å². The summed E-state index contributed by atoms with van der Waals surface area (Å²) in [6, 6.07) is 3.14. The number of halogens is 2. The van der Waals surface area contributed by atoms with Gasteiger partial charge in [0.05, 0.1) is 11.8 Å². The number of aromatic nitrogens is 2. The van der Waals surface area contributed by atoms with Crippen molar-refractivity contribution in [2.75, 3.05) is 5.32 Å². The second-order valence-electron chi connectivity index (χ2n) is 3.57. The van der Waals surface area contributed by atoms with Crippen molar-refractivity contribution in [1.29, 1.82) is 0 Å². The van der Waals surface area contributed by atoms with E-state index in [0.717, 1.165) is 18.2 Å². The Morgan fingerprint density at radius 1 is 1.37 bits per heavy atom. The number of carbonyl (C=O) groups excluding carboxylic acids is 1. The SMILES string of the molecule is NC(=S)c1cn[nH]c1NC(=O)c1c(F)cccc1F. The molecule has 98 valence electrons. The molecule has 0 bridgehead atoms. The van der Waals surface area contributed by atoms with Crippen molar-refractivity contribution in [2.45, 2.75) is 0 Å². The molecule has 0 fully saturated rings. The molecule has 1 aromatic heterocycles. The summed E-state index contributed by atoms with van der Waals surface area (Å²) in [5.41, 5.74) is 4.99. The van der Waals surface area contributed by atoms with Crippen LogP contribution in [0.4, 0.5) is 14.6 Å². The van der Waals surface area contributed by atoms with E-state index >= 15 is 0 Å². The largest absolute Gasteiger partial charge is 0.389 e. The highest BCUT2D eigenvalue weighted by Gasteiger charge is 2.19. The van der Waals surface area contributed by atoms with Gasteiger partial charge in [-0.05, 0) is 12.1 Å². The number of benzene rings is 1. The van der Waals surface area contributed by atoms with Gasteiger partial charge in [-0.25, -0.2) is 8.78 Å². The average Bonchev–Trinajstić information content (AvgIpc) is 2.76. The van der Waals surface area contributed by atoms with E-state index in [1.807, 2.05) is 0 Å². The number of carbonyl (C=O) groups is 1. The summed E-state index contributed by atoms with van der Waals surface area (Å²) in [4.78, 5) is 11.8. The molecule has 0 aliphatic carbocycles. The van der Waals surface area contributed by atoms with E-state index in [1.54, 1.807) is 0 Å². The van der Waals surface area contributed by atoms with Crippen LogP contribution < -0.4 is 11.1 Å². The van der Waals surface area contributed by atoms with Crippen molar-refractivity contribution >= 4 is 28.9 Å². The summed E-state index contributed by atoms with van der Waals surface area (Å²) in [6.07, 6.45) is 1.30. The van der Waals surface area contributed by atoms with Gasteiger partial charge in [0.25, 0.3) is 5.91 Å². The maximum atomic E-state index is 13.4. The summed E-state index contributed by atoms with van der Waals surface area (Å²) < 4.78 is 26.8. The monoisotopic (exact) mass is 282 g/mol. The summed E-state index contributed by atoms with van der Waals surface area (Å²) >= 11 is 4.74. The number of hydrogen-bond acceptors (Lipinski definition) is 3. The average molecular weight is 282 g/mol. The zero-order valence-electron chi connectivity index (χ0n) is 9.41. The van der Waals surface area contributed by atoms with Crippen LogP contribution in [0.1, 0.15) is 15.9 Å². The minimum atomic E-state index is -0.964. The van der Waals surface area contributed by atoms with Crippen LogP contribution in [0.3, 0.4) is 0 Å². The Balaban J connectivity index is 2.31. The van der Waals surface area contributed by atoms with E-state index in [-0.39, 0.29) is 16.4 Å². The lowest BCUT2D eigenvalue weighted by atomic mass is 10.2. The molecule has 1 heterocycles. The zero-order valence-corrected chi connectivity index (χ0v) is 10.2. The second-order valence-corrected chi connectivity index (χ2v) is 4.01. The van der Waals surface area contributed by atoms with Crippen LogP contribution >= 0.6 is 12.2 Å². The molecule has 2 aromatic rings. The number of rotatable bonds is 3. The third-order valence-electron chi connectivity index (χ3n) is 2.33. The molecule has 0 spiro atoms. The van der Waals surface area contributed by atoms with Crippen molar-refractivity contribution < 1.29 is 13.6 Å². The van der Waals surface area contributed by atoms with Gasteiger partial charge in [-0.3, -0.25) is 9.89 Å². The Morgan fingerprint density at radius 2 is 2.00 bits per heavy atom. The highest BCUT2D eigenvalue weighted by Crippen LogP contribution is 2.16. The third kappa shape index (κ3) is 2.58. The molecule has 0 radical (unpaired) electrons. The van der Waals surface area contributed by atoms with Crippen molar-refractivity contribution in [3.63, 3.8) is 0 Å². The number of anilines is 1. The lowest BCUT2D eigenvalue weighted by molar-refractivity contribution is 0.101. The Labute approximate surface area is 111 Å². The highest BCUT2D eigenvalue weighted by atomic mass is 32.1. The summed E-state index contributed by atoms with van der Waals surface area (Å²) in [7, 11) is 0. The molecule has 1 amide bonds. The molecule has 8 heteroatoms. The molecule has 19 heavy (non-hydrogen) atoms. The third-order valence-corrected chi connectivity index (χ3v) is 2.55. The second kappa shape index (κ2) is 5.11. The molecule has 0 aliphatic heterocycles. The van der Waals surface area contributed by atoms with Crippen LogP contribution in [0.2, 0.25) is 0 Å². The normalized spacial score (nSPS) is 10.2. The minimum absolute atomic E-state index is 0.00180. The Hall–Kier alpha value is -2.35. The number of aromatic amines is 1. The van der Waals surface area contributed by atoms with E-state index in [1.165, 1.54) is 6.20 Å². The number of nitrogens with zero attached hydrogens (tertiary/aromatic N) is 1. The van der Waals surface area contributed by atoms with E-state index in [0.29, 0.717) is 0 Å². The van der Waals surface area contributed by atoms with Gasteiger partial charge in [-0.15, -0.1) is 0 Å². The van der Waals surface area contributed by atoms with Crippen molar-refractivity contribution in [3.8, 4) is 0 Å². The van der Waals surface area contributed by atoms with E-state index < -0.39 is 23.1 Å². The maximum Gasteiger partial charge on any atom is 0.262 e. The quantitative estimate of drug-likeness (QED) is 0.746. The Morgan fingerprint density at radius 3 is 2.58 bits per heavy atom. The van der Waals surface area contributed by atoms with Gasteiger partial charge in [0.2, 0.25) is 0 Å². The molecular weight excluding hydrogens is 274 g/mol. The molecule has 0 aliphatic rings. The molecule has 2 rings (SSSR count). The van der Waals surface area contributed by atoms with Gasteiger partial charge in [0.1, 0.15) is 28.0 Å². The number of H-pyrrole nitrogens is 1. The lowest BCUT2D eigenvalue weighted by Crippen LogP contribution is -2.19. The van der Waals surface area contributed by atoms with Crippen LogP contribution in [0, 0.1) is 11.6 Å². The minimum Gasteiger partial charge on any atom is -0.389 e. The van der Waals surface area contributed by atoms with Crippen molar-refractivity contribution in [3.05, 3.63) is 47.2 Å². The highest BCUT2D eigenvalue weighted by molar-refractivity contribution is 7.80. The van der Waals surface area contributed by atoms with Crippen LogP contribution in [-0.4, -0.2) is 21.1 Å². The van der Waals surface area contributed by atoms with Crippen molar-refractivity contribution in [2.24, 2.45) is 5.73 Å². The van der Waals surface area contributed by atoms with Gasteiger partial charge < -0.3 is 11.1 Å². The van der Waals surface area contributed by atoms with E-state index in [2.05, 4.69) is 15.5 Å². The van der Waals surface area contributed by atoms with Gasteiger partial charge in [-0.1, -0.05) is 18.3 Å². The zero-order chi connectivity index (χ0) is 14.0. The predicted octanol–water partition coefficient (Wildman–Crippen LogP) is 1.57. The van der Waals surface area contributed by atoms with Gasteiger partial charge in [-0.2, -0.15) is 5.10 Å². The number of thiocarbonyl (C=S) groups is 1. The Bertz CT molecular complexity index is 636. The van der Waals surface area contributed by atoms with E-state index in [9.17, 15) is 13.6 Å². The first-order valence-electron chi connectivity index (χ1n) is 5.09. The summed E-state index contributed by atoms with van der Waals surface area (Å²) in [5, 5.41) is 8.34. The molecule has 0 saturated heterocycles. The summed E-state index contributed by atoms with van der Waals surface area (Å²) in [5.74, 6) is -2.81. The smallest absolute Gasteiger partial charge is 0.262 e. The first kappa shape index (κ1) is 13.1. The first-order valence-corrected chi connectivity index (χ1v) is 5.50. The topological polar surface area (TPSA) is 83.8 Å². The first-order chi connectivity index (χ1) is 9.00. The van der Waals surface area contributed by atoms with Crippen LogP contribution in [0.5, 0.6) is 0 Å². The van der Waals surface area contributed by atoms with Crippen LogP contribution in [-0.2, 0) is 0 Å². The molecular formula is C11H8F2N4OS. The van der Waals surface area contributed by atoms with Gasteiger partial charge in [0.15, 0.2) is 0 Å². The fourth-order valence-electron chi connectivity index (χ4n) is 1.46. The number of nitrogens with two attached hydrogens (primary N) is 1. The standard InChI is InChI=1S/C11H8F2N4OS/c12-6-2-1-3-7(13)8(6)11(18)16-10-5(9(14)19)4-15-17-10/h1-4H,(H2,14,19)(H2,15,16,17,18). The fraction of sp³-hybridized carbons (Fsp3) is 0. The predicted molar refractivity (Wildman–Crippen MR) is 68.8 cm³/mol. The number of amides is 1. The fourth-order valence-corrected chi connectivity index (χ4v) is 1.61. The van der Waals surface area contributed by atoms with Crippen molar-refractivity contribution in [1.82, 2.24) is 10.2 Å². The maximum absolute atomic E-state index is 13.4. The number of nitrogens with one attached hydrogen (secondary N) is 2. The molecule has 0 saturated carbocycles. The molecule has 4 N–H and O–H groups in total. The lowest BCUT2D eigenvalue weighted by Gasteiger charge is -2.06. The molecule has 0 unspecified atom stereocenters. The van der Waals surface area contributed by atoms with Gasteiger partial charge >= 0.3 is 0 Å². The molecule has 0 atom stereocenters. The van der Waals surface area contributed by atoms with Crippen LogP contribution in [0.25, 0.3) is 0 Å². The summed E-state index contributed by atoms with van der Waals surface area (Å²) in [6.45, 7) is 0. The van der Waals surface area contributed by atoms with E-state index in [4.69, 9.17) is 18.0 Å². The molecule has 5 nitrogen and oxygen atoms in total. The Kier molecular flexibility index (Phi) is 3.52. The molecule has 1 aromatic carbocycles.